The summed E-state index contributed by atoms with van der Waals surface area (Å²) in [6.45, 7) is 0. The van der Waals surface area contributed by atoms with Gasteiger partial charge in [-0.25, -0.2) is 8.78 Å². The largest absolute Gasteiger partial charge is 0.324 e. The number of pyridine rings is 1. The first-order valence-electron chi connectivity index (χ1n) is 5.95. The molecule has 0 bridgehead atoms. The number of nitrogens with one attached hydrogen (secondary N) is 1. The van der Waals surface area contributed by atoms with Crippen molar-refractivity contribution in [1.82, 2.24) is 4.98 Å². The highest BCUT2D eigenvalue weighted by Gasteiger charge is 2.04. The van der Waals surface area contributed by atoms with E-state index in [9.17, 15) is 8.78 Å². The highest BCUT2D eigenvalue weighted by molar-refractivity contribution is 8.00. The molecule has 20 heavy (non-hydrogen) atoms. The van der Waals surface area contributed by atoms with E-state index in [1.54, 1.807) is 6.20 Å². The molecule has 3 rings (SSSR count). The Balaban J connectivity index is 1.87. The minimum atomic E-state index is -0.592. The molecule has 0 saturated heterocycles. The van der Waals surface area contributed by atoms with Crippen LogP contribution in [-0.4, -0.2) is 4.98 Å². The van der Waals surface area contributed by atoms with Gasteiger partial charge in [0.05, 0.1) is 11.2 Å². The van der Waals surface area contributed by atoms with Crippen molar-refractivity contribution >= 4 is 28.5 Å². The maximum absolute atomic E-state index is 13.1. The number of aromatic nitrogens is 1. The van der Waals surface area contributed by atoms with Crippen molar-refractivity contribution in [2.24, 2.45) is 0 Å². The molecule has 0 spiro atoms. The van der Waals surface area contributed by atoms with Crippen LogP contribution in [0.2, 0.25) is 0 Å². The van der Waals surface area contributed by atoms with E-state index in [-0.39, 0.29) is 0 Å². The van der Waals surface area contributed by atoms with Crippen LogP contribution in [0.5, 0.6) is 0 Å². The molecule has 100 valence electrons. The molecule has 0 aliphatic carbocycles. The maximum atomic E-state index is 13.1. The van der Waals surface area contributed by atoms with Crippen molar-refractivity contribution in [3.8, 4) is 0 Å². The topological polar surface area (TPSA) is 24.9 Å². The number of halogens is 2. The minimum absolute atomic E-state index is 0.468. The summed E-state index contributed by atoms with van der Waals surface area (Å²) in [5, 5.41) is 1.00. The van der Waals surface area contributed by atoms with Crippen LogP contribution in [-0.2, 0) is 0 Å². The molecule has 0 saturated carbocycles. The van der Waals surface area contributed by atoms with Gasteiger partial charge in [-0.15, -0.1) is 0 Å². The molecule has 2 nitrogen and oxygen atoms in total. The molecular weight excluding hydrogens is 278 g/mol. The van der Waals surface area contributed by atoms with Gasteiger partial charge in [0.2, 0.25) is 0 Å². The fourth-order valence-electron chi connectivity index (χ4n) is 1.89. The molecule has 5 heteroatoms. The number of hydrogen-bond acceptors (Lipinski definition) is 3. The van der Waals surface area contributed by atoms with Gasteiger partial charge in [0.25, 0.3) is 0 Å². The van der Waals surface area contributed by atoms with Gasteiger partial charge in [-0.1, -0.05) is 18.2 Å². The van der Waals surface area contributed by atoms with Crippen molar-refractivity contribution in [1.29, 1.82) is 0 Å². The summed E-state index contributed by atoms with van der Waals surface area (Å²) in [6, 6.07) is 13.0. The average Bonchev–Trinajstić information content (AvgIpc) is 2.44. The van der Waals surface area contributed by atoms with Crippen molar-refractivity contribution in [3.05, 3.63) is 66.4 Å². The monoisotopic (exact) mass is 288 g/mol. The Morgan fingerprint density at radius 2 is 1.70 bits per heavy atom. The Morgan fingerprint density at radius 3 is 2.50 bits per heavy atom. The van der Waals surface area contributed by atoms with Gasteiger partial charge in [0.15, 0.2) is 0 Å². The van der Waals surface area contributed by atoms with Crippen LogP contribution in [0.1, 0.15) is 0 Å². The molecule has 0 unspecified atom stereocenters. The van der Waals surface area contributed by atoms with Crippen molar-refractivity contribution in [2.75, 3.05) is 4.72 Å². The summed E-state index contributed by atoms with van der Waals surface area (Å²) in [5.41, 5.74) is 1.62. The Morgan fingerprint density at radius 1 is 0.950 bits per heavy atom. The van der Waals surface area contributed by atoms with Crippen LogP contribution in [0, 0.1) is 11.6 Å². The minimum Gasteiger partial charge on any atom is -0.324 e. The average molecular weight is 288 g/mol. The predicted molar refractivity (Wildman–Crippen MR) is 77.6 cm³/mol. The quantitative estimate of drug-likeness (QED) is 0.711. The third-order valence-electron chi connectivity index (χ3n) is 2.75. The Hall–Kier alpha value is -2.14. The molecular formula is C15H10F2N2S. The second-order valence-electron chi connectivity index (χ2n) is 4.19. The number of fused-ring (bicyclic) bond motifs is 1. The van der Waals surface area contributed by atoms with Crippen molar-refractivity contribution in [2.45, 2.75) is 4.90 Å². The summed E-state index contributed by atoms with van der Waals surface area (Å²) >= 11 is 1.15. The molecule has 2 aromatic carbocycles. The molecule has 0 amide bonds. The Labute approximate surface area is 119 Å². The molecule has 0 atom stereocenters. The van der Waals surface area contributed by atoms with Crippen molar-refractivity contribution in [3.63, 3.8) is 0 Å². The molecule has 3 aromatic rings. The van der Waals surface area contributed by atoms with E-state index in [2.05, 4.69) is 9.71 Å². The zero-order chi connectivity index (χ0) is 13.9. The van der Waals surface area contributed by atoms with Gasteiger partial charge in [-0.05, 0) is 36.2 Å². The lowest BCUT2D eigenvalue weighted by Gasteiger charge is -2.08. The third-order valence-corrected chi connectivity index (χ3v) is 3.54. The van der Waals surface area contributed by atoms with Crippen LogP contribution < -0.4 is 4.72 Å². The smallest absolute Gasteiger partial charge is 0.127 e. The van der Waals surface area contributed by atoms with E-state index in [0.29, 0.717) is 4.90 Å². The van der Waals surface area contributed by atoms with Crippen LogP contribution in [0.3, 0.4) is 0 Å². The summed E-state index contributed by atoms with van der Waals surface area (Å²) in [5.74, 6) is -1.18. The molecule has 1 aromatic heterocycles. The lowest BCUT2D eigenvalue weighted by Crippen LogP contribution is -1.91. The summed E-state index contributed by atoms with van der Waals surface area (Å²) in [6.07, 6.45) is 1.71. The van der Waals surface area contributed by atoms with Gasteiger partial charge < -0.3 is 4.72 Å². The van der Waals surface area contributed by atoms with Crippen LogP contribution in [0.15, 0.2) is 59.6 Å². The lowest BCUT2D eigenvalue weighted by molar-refractivity contribution is 0.577. The van der Waals surface area contributed by atoms with Gasteiger partial charge in [0.1, 0.15) is 11.6 Å². The van der Waals surface area contributed by atoms with E-state index >= 15 is 0 Å². The van der Waals surface area contributed by atoms with Gasteiger partial charge >= 0.3 is 0 Å². The fourth-order valence-corrected chi connectivity index (χ4v) is 2.62. The number of benzene rings is 2. The summed E-state index contributed by atoms with van der Waals surface area (Å²) < 4.78 is 29.3. The number of para-hydroxylation sites is 1. The molecule has 0 radical (unpaired) electrons. The maximum Gasteiger partial charge on any atom is 0.127 e. The molecule has 1 N–H and O–H groups in total. The Kier molecular flexibility index (Phi) is 3.52. The first-order chi connectivity index (χ1) is 9.72. The van der Waals surface area contributed by atoms with Crippen LogP contribution >= 0.6 is 11.9 Å². The SMILES string of the molecule is Fc1cc(F)cc(SNc2cccc3cccnc23)c1. The fraction of sp³-hybridized carbons (Fsp3) is 0. The van der Waals surface area contributed by atoms with Gasteiger partial charge in [-0.3, -0.25) is 4.98 Å². The number of hydrogen-bond donors (Lipinski definition) is 1. The first-order valence-corrected chi connectivity index (χ1v) is 6.77. The standard InChI is InChI=1S/C15H10F2N2S/c16-11-7-12(17)9-13(8-11)20-19-14-5-1-3-10-4-2-6-18-15(10)14/h1-9,19H. The molecule has 0 fully saturated rings. The Bertz CT molecular complexity index is 736. The number of rotatable bonds is 3. The van der Waals surface area contributed by atoms with Crippen molar-refractivity contribution < 1.29 is 8.78 Å². The van der Waals surface area contributed by atoms with Gasteiger partial charge in [-0.2, -0.15) is 0 Å². The van der Waals surface area contributed by atoms with E-state index in [1.165, 1.54) is 12.1 Å². The lowest BCUT2D eigenvalue weighted by atomic mass is 10.2. The van der Waals surface area contributed by atoms with Crippen LogP contribution in [0.25, 0.3) is 10.9 Å². The van der Waals surface area contributed by atoms with E-state index in [4.69, 9.17) is 0 Å². The summed E-state index contributed by atoms with van der Waals surface area (Å²) in [4.78, 5) is 4.77. The summed E-state index contributed by atoms with van der Waals surface area (Å²) in [7, 11) is 0. The second kappa shape index (κ2) is 5.46. The number of nitrogens with zero attached hydrogens (tertiary/aromatic N) is 1. The highest BCUT2D eigenvalue weighted by atomic mass is 32.2. The first kappa shape index (κ1) is 12.9. The van der Waals surface area contributed by atoms with E-state index in [0.717, 1.165) is 34.6 Å². The van der Waals surface area contributed by atoms with E-state index in [1.807, 2.05) is 30.3 Å². The normalized spacial score (nSPS) is 10.7. The zero-order valence-electron chi connectivity index (χ0n) is 10.3. The van der Waals surface area contributed by atoms with Crippen LogP contribution in [0.4, 0.5) is 14.5 Å². The van der Waals surface area contributed by atoms with Gasteiger partial charge in [0, 0.05) is 22.5 Å². The molecule has 1 heterocycles. The predicted octanol–water partition coefficient (Wildman–Crippen LogP) is 4.63. The molecule has 0 aliphatic rings. The highest BCUT2D eigenvalue weighted by Crippen LogP contribution is 2.27. The molecule has 0 aliphatic heterocycles. The zero-order valence-corrected chi connectivity index (χ0v) is 11.1. The third kappa shape index (κ3) is 2.72. The number of anilines is 1. The second-order valence-corrected chi connectivity index (χ2v) is 5.07. The van der Waals surface area contributed by atoms with E-state index < -0.39 is 11.6 Å².